The van der Waals surface area contributed by atoms with Crippen LogP contribution in [0.25, 0.3) is 10.9 Å². The van der Waals surface area contributed by atoms with Crippen molar-refractivity contribution < 1.29 is 17.2 Å². The Morgan fingerprint density at radius 1 is 1.00 bits per heavy atom. The Hall–Kier alpha value is -2.28. The smallest absolute Gasteiger partial charge is 0.202 e. The summed E-state index contributed by atoms with van der Waals surface area (Å²) < 4.78 is 50.7. The largest absolute Gasteiger partial charge is 0.276 e. The number of benzene rings is 2. The summed E-state index contributed by atoms with van der Waals surface area (Å²) in [4.78, 5) is 0. The molecule has 1 aromatic heterocycles. The second kappa shape index (κ2) is 4.92. The van der Waals surface area contributed by atoms with Crippen molar-refractivity contribution in [3.63, 3.8) is 0 Å². The van der Waals surface area contributed by atoms with E-state index < -0.39 is 21.5 Å². The molecule has 7 heteroatoms. The number of sulfone groups is 1. The summed E-state index contributed by atoms with van der Waals surface area (Å²) in [5.74, 6) is -1.21. The fourth-order valence-corrected chi connectivity index (χ4v) is 3.54. The molecule has 0 aliphatic heterocycles. The van der Waals surface area contributed by atoms with Gasteiger partial charge in [-0.3, -0.25) is 5.10 Å². The molecule has 4 nitrogen and oxygen atoms in total. The van der Waals surface area contributed by atoms with Gasteiger partial charge in [0.05, 0.1) is 11.3 Å². The first-order valence-corrected chi connectivity index (χ1v) is 7.72. The van der Waals surface area contributed by atoms with Gasteiger partial charge >= 0.3 is 0 Å². The van der Waals surface area contributed by atoms with Crippen molar-refractivity contribution in [1.82, 2.24) is 10.2 Å². The summed E-state index contributed by atoms with van der Waals surface area (Å²) in [6.45, 7) is 0. The van der Waals surface area contributed by atoms with E-state index in [2.05, 4.69) is 10.2 Å². The average molecular weight is 308 g/mol. The Morgan fingerprint density at radius 3 is 2.38 bits per heavy atom. The Morgan fingerprint density at radius 2 is 1.67 bits per heavy atom. The summed E-state index contributed by atoms with van der Waals surface area (Å²) in [5, 5.41) is 6.46. The maximum absolute atomic E-state index is 13.1. The minimum absolute atomic E-state index is 0.137. The SMILES string of the molecule is O=S(=O)(Cc1ccc(F)cc1)c1n[nH]c2cc(F)ccc12. The van der Waals surface area contributed by atoms with E-state index in [1.807, 2.05) is 0 Å². The van der Waals surface area contributed by atoms with Gasteiger partial charge in [0.25, 0.3) is 0 Å². The first kappa shape index (κ1) is 13.7. The number of nitrogens with one attached hydrogen (secondary N) is 1. The third-order valence-corrected chi connectivity index (χ3v) is 4.67. The van der Waals surface area contributed by atoms with Crippen LogP contribution >= 0.6 is 0 Å². The van der Waals surface area contributed by atoms with Gasteiger partial charge in [0.1, 0.15) is 11.6 Å². The highest BCUT2D eigenvalue weighted by molar-refractivity contribution is 7.90. The Bertz CT molecular complexity index is 902. The number of aromatic nitrogens is 2. The van der Waals surface area contributed by atoms with E-state index in [1.165, 1.54) is 42.5 Å². The van der Waals surface area contributed by atoms with E-state index in [-0.39, 0.29) is 10.8 Å². The molecule has 0 aliphatic carbocycles. The fourth-order valence-electron chi connectivity index (χ4n) is 2.07. The molecule has 2 aromatic carbocycles. The molecular formula is C14H10F2N2O2S. The second-order valence-corrected chi connectivity index (χ2v) is 6.51. The molecule has 0 saturated carbocycles. The lowest BCUT2D eigenvalue weighted by Gasteiger charge is -2.02. The summed E-state index contributed by atoms with van der Waals surface area (Å²) >= 11 is 0. The van der Waals surface area contributed by atoms with Crippen molar-refractivity contribution in [1.29, 1.82) is 0 Å². The van der Waals surface area contributed by atoms with Crippen LogP contribution in [0.2, 0.25) is 0 Å². The van der Waals surface area contributed by atoms with Gasteiger partial charge in [-0.2, -0.15) is 5.10 Å². The minimum atomic E-state index is -3.71. The number of fused-ring (bicyclic) bond motifs is 1. The number of H-pyrrole nitrogens is 1. The molecule has 3 aromatic rings. The molecule has 0 atom stereocenters. The van der Waals surface area contributed by atoms with Gasteiger partial charge in [-0.05, 0) is 35.9 Å². The van der Waals surface area contributed by atoms with Crippen LogP contribution in [0, 0.1) is 11.6 Å². The van der Waals surface area contributed by atoms with Crippen LogP contribution in [0.3, 0.4) is 0 Å². The Balaban J connectivity index is 2.02. The molecule has 0 unspecified atom stereocenters. The van der Waals surface area contributed by atoms with Gasteiger partial charge in [0, 0.05) is 5.39 Å². The predicted octanol–water partition coefficient (Wildman–Crippen LogP) is 2.82. The van der Waals surface area contributed by atoms with Crippen LogP contribution < -0.4 is 0 Å². The van der Waals surface area contributed by atoms with Gasteiger partial charge in [0.15, 0.2) is 5.03 Å². The van der Waals surface area contributed by atoms with Crippen LogP contribution in [-0.2, 0) is 15.6 Å². The molecule has 1 heterocycles. The van der Waals surface area contributed by atoms with E-state index >= 15 is 0 Å². The average Bonchev–Trinajstić information content (AvgIpc) is 2.85. The monoisotopic (exact) mass is 308 g/mol. The van der Waals surface area contributed by atoms with Crippen molar-refractivity contribution >= 4 is 20.7 Å². The number of halogens is 2. The highest BCUT2D eigenvalue weighted by atomic mass is 32.2. The number of rotatable bonds is 3. The van der Waals surface area contributed by atoms with Gasteiger partial charge in [-0.15, -0.1) is 0 Å². The van der Waals surface area contributed by atoms with Gasteiger partial charge < -0.3 is 0 Å². The zero-order chi connectivity index (χ0) is 15.0. The fraction of sp³-hybridized carbons (Fsp3) is 0.0714. The predicted molar refractivity (Wildman–Crippen MR) is 73.3 cm³/mol. The molecular weight excluding hydrogens is 298 g/mol. The lowest BCUT2D eigenvalue weighted by molar-refractivity contribution is 0.591. The molecule has 0 spiro atoms. The highest BCUT2D eigenvalue weighted by Gasteiger charge is 2.22. The molecule has 0 amide bonds. The number of hydrogen-bond acceptors (Lipinski definition) is 3. The Kier molecular flexibility index (Phi) is 3.21. The molecule has 1 N–H and O–H groups in total. The molecule has 21 heavy (non-hydrogen) atoms. The third kappa shape index (κ3) is 2.64. The van der Waals surface area contributed by atoms with Crippen LogP contribution in [0.4, 0.5) is 8.78 Å². The second-order valence-electron chi connectivity index (χ2n) is 4.60. The highest BCUT2D eigenvalue weighted by Crippen LogP contribution is 2.24. The third-order valence-electron chi connectivity index (χ3n) is 3.05. The van der Waals surface area contributed by atoms with Crippen molar-refractivity contribution in [2.75, 3.05) is 0 Å². The summed E-state index contributed by atoms with van der Waals surface area (Å²) in [6.07, 6.45) is 0. The lowest BCUT2D eigenvalue weighted by Crippen LogP contribution is -2.06. The first-order valence-electron chi connectivity index (χ1n) is 6.06. The van der Waals surface area contributed by atoms with E-state index in [0.29, 0.717) is 16.5 Å². The normalized spacial score (nSPS) is 11.9. The van der Waals surface area contributed by atoms with Gasteiger partial charge in [-0.25, -0.2) is 17.2 Å². The van der Waals surface area contributed by atoms with Crippen molar-refractivity contribution in [2.45, 2.75) is 10.8 Å². The molecule has 108 valence electrons. The summed E-state index contributed by atoms with van der Waals surface area (Å²) in [7, 11) is -3.71. The van der Waals surface area contributed by atoms with E-state index in [9.17, 15) is 17.2 Å². The molecule has 0 bridgehead atoms. The maximum Gasteiger partial charge on any atom is 0.202 e. The molecule has 0 aliphatic rings. The Labute approximate surface area is 119 Å². The molecule has 3 rings (SSSR count). The number of nitrogens with zero attached hydrogens (tertiary/aromatic N) is 1. The summed E-state index contributed by atoms with van der Waals surface area (Å²) in [5.41, 5.74) is 0.766. The zero-order valence-electron chi connectivity index (χ0n) is 10.7. The van der Waals surface area contributed by atoms with Gasteiger partial charge in [-0.1, -0.05) is 12.1 Å². The quantitative estimate of drug-likeness (QED) is 0.809. The van der Waals surface area contributed by atoms with Crippen molar-refractivity contribution in [2.24, 2.45) is 0 Å². The van der Waals surface area contributed by atoms with E-state index in [0.717, 1.165) is 0 Å². The first-order chi connectivity index (χ1) is 9.95. The number of aromatic amines is 1. The lowest BCUT2D eigenvalue weighted by atomic mass is 10.2. The molecule has 0 radical (unpaired) electrons. The van der Waals surface area contributed by atoms with Crippen LogP contribution in [-0.4, -0.2) is 18.6 Å². The van der Waals surface area contributed by atoms with Crippen LogP contribution in [0.15, 0.2) is 47.5 Å². The van der Waals surface area contributed by atoms with Crippen LogP contribution in [0.1, 0.15) is 5.56 Å². The minimum Gasteiger partial charge on any atom is -0.276 e. The van der Waals surface area contributed by atoms with Crippen LogP contribution in [0.5, 0.6) is 0 Å². The van der Waals surface area contributed by atoms with E-state index in [4.69, 9.17) is 0 Å². The van der Waals surface area contributed by atoms with Crippen molar-refractivity contribution in [3.05, 3.63) is 59.7 Å². The van der Waals surface area contributed by atoms with Crippen molar-refractivity contribution in [3.8, 4) is 0 Å². The van der Waals surface area contributed by atoms with Gasteiger partial charge in [0.2, 0.25) is 9.84 Å². The maximum atomic E-state index is 13.1. The number of hydrogen-bond donors (Lipinski definition) is 1. The molecule has 0 saturated heterocycles. The van der Waals surface area contributed by atoms with E-state index in [1.54, 1.807) is 0 Å². The standard InChI is InChI=1S/C14H10F2N2O2S/c15-10-3-1-9(2-4-10)8-21(19,20)14-12-6-5-11(16)7-13(12)17-18-14/h1-7H,8H2,(H,17,18). The zero-order valence-corrected chi connectivity index (χ0v) is 11.5. The summed E-state index contributed by atoms with van der Waals surface area (Å²) in [6, 6.07) is 8.92. The molecule has 0 fully saturated rings. The topological polar surface area (TPSA) is 62.8 Å².